The number of carboxylic acid groups (broad SMARTS) is 1. The van der Waals surface area contributed by atoms with E-state index in [2.05, 4.69) is 0 Å². The fourth-order valence-electron chi connectivity index (χ4n) is 3.07. The van der Waals surface area contributed by atoms with E-state index in [1.807, 2.05) is 19.1 Å². The minimum Gasteiger partial charge on any atom is -0.481 e. The third kappa shape index (κ3) is 16.9. The molecule has 8 heteroatoms. The summed E-state index contributed by atoms with van der Waals surface area (Å²) in [5, 5.41) is 28.9. The van der Waals surface area contributed by atoms with Gasteiger partial charge in [-0.05, 0) is 38.7 Å². The SMILES string of the molecule is CC1CCCC=CC=CC(O)CC(O)CC=CC=CC(OC(=O)CC(=O)O)CC=CC=CC(=O)O1. The zero-order valence-electron chi connectivity index (χ0n) is 20.1. The molecule has 0 amide bonds. The van der Waals surface area contributed by atoms with Crippen LogP contribution in [0.25, 0.3) is 0 Å². The van der Waals surface area contributed by atoms with Gasteiger partial charge >= 0.3 is 17.9 Å². The molecule has 0 aromatic carbocycles. The highest BCUT2D eigenvalue weighted by molar-refractivity contribution is 5.90. The van der Waals surface area contributed by atoms with Crippen molar-refractivity contribution in [2.75, 3.05) is 0 Å². The first-order valence-electron chi connectivity index (χ1n) is 11.7. The van der Waals surface area contributed by atoms with E-state index in [4.69, 9.17) is 14.6 Å². The number of cyclic esters (lactones) is 1. The molecule has 4 atom stereocenters. The van der Waals surface area contributed by atoms with E-state index in [0.717, 1.165) is 12.8 Å². The van der Waals surface area contributed by atoms with Crippen molar-refractivity contribution < 1.29 is 39.2 Å². The number of carbonyl (C=O) groups is 3. The minimum atomic E-state index is -1.28. The van der Waals surface area contributed by atoms with Gasteiger partial charge in [0.25, 0.3) is 0 Å². The molecule has 0 aromatic rings. The molecular weight excluding hydrogens is 452 g/mol. The largest absolute Gasteiger partial charge is 0.481 e. The van der Waals surface area contributed by atoms with Crippen LogP contribution in [-0.2, 0) is 23.9 Å². The summed E-state index contributed by atoms with van der Waals surface area (Å²) in [6.45, 7) is 1.83. The molecule has 0 fully saturated rings. The summed E-state index contributed by atoms with van der Waals surface area (Å²) < 4.78 is 10.5. The molecular formula is C27H36O8. The molecule has 0 aromatic heterocycles. The van der Waals surface area contributed by atoms with Crippen LogP contribution in [0, 0.1) is 0 Å². The monoisotopic (exact) mass is 488 g/mol. The molecule has 1 heterocycles. The highest BCUT2D eigenvalue weighted by Crippen LogP contribution is 2.09. The standard InChI is InChI=1S/C27H36O8/c1-21-13-7-3-2-4-8-14-22(28)19-23(29)15-9-5-10-16-24(35-27(33)20-25(30)31)17-11-6-12-18-26(32)34-21/h2,4-6,8-12,14,16,18,21-24,28-29H,3,7,13,15,17,19-20H2,1H3,(H,30,31). The number of aliphatic carboxylic acids is 1. The molecule has 1 aliphatic heterocycles. The summed E-state index contributed by atoms with van der Waals surface area (Å²) in [5.74, 6) is -2.60. The lowest BCUT2D eigenvalue weighted by Gasteiger charge is -2.12. The Morgan fingerprint density at radius 3 is 2.46 bits per heavy atom. The van der Waals surface area contributed by atoms with Crippen LogP contribution < -0.4 is 0 Å². The first-order chi connectivity index (χ1) is 16.8. The van der Waals surface area contributed by atoms with Gasteiger partial charge in [0.15, 0.2) is 0 Å². The van der Waals surface area contributed by atoms with Crippen LogP contribution in [0.3, 0.4) is 0 Å². The molecule has 3 N–H and O–H groups in total. The third-order valence-corrected chi connectivity index (χ3v) is 4.80. The number of aliphatic hydroxyl groups excluding tert-OH is 2. The predicted octanol–water partition coefficient (Wildman–Crippen LogP) is 3.72. The lowest BCUT2D eigenvalue weighted by molar-refractivity contribution is -0.153. The van der Waals surface area contributed by atoms with Gasteiger partial charge in [-0.2, -0.15) is 0 Å². The van der Waals surface area contributed by atoms with E-state index in [-0.39, 0.29) is 18.9 Å². The van der Waals surface area contributed by atoms with Crippen molar-refractivity contribution in [2.45, 2.75) is 76.3 Å². The van der Waals surface area contributed by atoms with Crippen LogP contribution >= 0.6 is 0 Å². The average molecular weight is 489 g/mol. The normalized spacial score (nSPS) is 25.5. The molecule has 8 nitrogen and oxygen atoms in total. The topological polar surface area (TPSA) is 130 Å². The Morgan fingerprint density at radius 1 is 1.00 bits per heavy atom. The highest BCUT2D eigenvalue weighted by Gasteiger charge is 2.14. The molecule has 35 heavy (non-hydrogen) atoms. The lowest BCUT2D eigenvalue weighted by Crippen LogP contribution is -2.18. The van der Waals surface area contributed by atoms with E-state index in [9.17, 15) is 24.6 Å². The second-order valence-electron chi connectivity index (χ2n) is 8.12. The number of allylic oxidation sites excluding steroid dienone is 7. The van der Waals surface area contributed by atoms with Gasteiger partial charge in [-0.1, -0.05) is 60.8 Å². The molecule has 0 saturated carbocycles. The highest BCUT2D eigenvalue weighted by atomic mass is 16.5. The maximum atomic E-state index is 11.9. The molecule has 0 radical (unpaired) electrons. The molecule has 0 saturated heterocycles. The lowest BCUT2D eigenvalue weighted by atomic mass is 10.1. The Morgan fingerprint density at radius 2 is 1.69 bits per heavy atom. The van der Waals surface area contributed by atoms with Crippen molar-refractivity contribution in [3.05, 3.63) is 72.9 Å². The second-order valence-corrected chi connectivity index (χ2v) is 8.12. The van der Waals surface area contributed by atoms with Gasteiger partial charge in [-0.25, -0.2) is 4.79 Å². The molecule has 192 valence electrons. The van der Waals surface area contributed by atoms with Gasteiger partial charge in [0.2, 0.25) is 0 Å². The van der Waals surface area contributed by atoms with Gasteiger partial charge in [0.05, 0.1) is 18.3 Å². The minimum absolute atomic E-state index is 0.189. The van der Waals surface area contributed by atoms with Gasteiger partial charge in [-0.3, -0.25) is 9.59 Å². The number of carboxylic acids is 1. The second kappa shape index (κ2) is 18.1. The first-order valence-corrected chi connectivity index (χ1v) is 11.7. The number of rotatable bonds is 3. The van der Waals surface area contributed by atoms with Crippen molar-refractivity contribution in [1.29, 1.82) is 0 Å². The summed E-state index contributed by atoms with van der Waals surface area (Å²) >= 11 is 0. The van der Waals surface area contributed by atoms with Crippen molar-refractivity contribution in [2.24, 2.45) is 0 Å². The van der Waals surface area contributed by atoms with E-state index in [0.29, 0.717) is 12.8 Å². The summed E-state index contributed by atoms with van der Waals surface area (Å²) in [6, 6.07) is 0. The van der Waals surface area contributed by atoms with E-state index in [1.165, 1.54) is 12.2 Å². The Bertz CT molecular complexity index is 834. The van der Waals surface area contributed by atoms with E-state index < -0.39 is 42.6 Å². The number of carbonyl (C=O) groups excluding carboxylic acids is 2. The van der Waals surface area contributed by atoms with Crippen molar-refractivity contribution in [1.82, 2.24) is 0 Å². The zero-order valence-corrected chi connectivity index (χ0v) is 20.1. The number of ether oxygens (including phenoxy) is 2. The average Bonchev–Trinajstić information content (AvgIpc) is 2.76. The van der Waals surface area contributed by atoms with Crippen molar-refractivity contribution in [3.63, 3.8) is 0 Å². The number of hydrogen-bond acceptors (Lipinski definition) is 7. The molecule has 0 bridgehead atoms. The Kier molecular flexibility index (Phi) is 15.4. The fraction of sp³-hybridized carbons (Fsp3) is 0.444. The van der Waals surface area contributed by atoms with Crippen LogP contribution in [0.2, 0.25) is 0 Å². The van der Waals surface area contributed by atoms with Gasteiger partial charge in [-0.15, -0.1) is 0 Å². The quantitative estimate of drug-likeness (QED) is 0.405. The van der Waals surface area contributed by atoms with Gasteiger partial charge < -0.3 is 24.8 Å². The number of esters is 2. The van der Waals surface area contributed by atoms with Gasteiger partial charge in [0.1, 0.15) is 12.5 Å². The summed E-state index contributed by atoms with van der Waals surface area (Å²) in [6.07, 6.45) is 19.9. The molecule has 1 aliphatic rings. The smallest absolute Gasteiger partial charge is 0.331 e. The van der Waals surface area contributed by atoms with Crippen LogP contribution in [0.15, 0.2) is 72.9 Å². The summed E-state index contributed by atoms with van der Waals surface area (Å²) in [5.41, 5.74) is 0. The zero-order chi connectivity index (χ0) is 25.9. The number of aliphatic hydroxyl groups is 2. The van der Waals surface area contributed by atoms with Crippen LogP contribution in [0.4, 0.5) is 0 Å². The molecule has 0 aliphatic carbocycles. The Labute approximate surface area is 206 Å². The third-order valence-electron chi connectivity index (χ3n) is 4.80. The Balaban J connectivity index is 2.87. The van der Waals surface area contributed by atoms with E-state index >= 15 is 0 Å². The van der Waals surface area contributed by atoms with Crippen LogP contribution in [0.1, 0.15) is 51.9 Å². The Hall–Kier alpha value is -3.23. The predicted molar refractivity (Wildman–Crippen MR) is 132 cm³/mol. The number of hydrogen-bond donors (Lipinski definition) is 3. The molecule has 0 spiro atoms. The van der Waals surface area contributed by atoms with Crippen molar-refractivity contribution >= 4 is 17.9 Å². The van der Waals surface area contributed by atoms with Crippen molar-refractivity contribution in [3.8, 4) is 0 Å². The fourth-order valence-corrected chi connectivity index (χ4v) is 3.07. The maximum Gasteiger partial charge on any atom is 0.331 e. The van der Waals surface area contributed by atoms with Gasteiger partial charge in [0, 0.05) is 18.9 Å². The maximum absolute atomic E-state index is 11.9. The van der Waals surface area contributed by atoms with E-state index in [1.54, 1.807) is 48.6 Å². The molecule has 4 unspecified atom stereocenters. The molecule has 1 rings (SSSR count). The summed E-state index contributed by atoms with van der Waals surface area (Å²) in [4.78, 5) is 34.4. The van der Waals surface area contributed by atoms with Crippen LogP contribution in [-0.4, -0.2) is 57.6 Å². The van der Waals surface area contributed by atoms with Crippen LogP contribution in [0.5, 0.6) is 0 Å². The summed E-state index contributed by atoms with van der Waals surface area (Å²) in [7, 11) is 0. The first kappa shape index (κ1) is 29.8.